The molecule has 0 radical (unpaired) electrons. The molecule has 1 saturated carbocycles. The van der Waals surface area contributed by atoms with Gasteiger partial charge in [0.15, 0.2) is 5.69 Å². The third kappa shape index (κ3) is 3.11. The first-order valence-corrected chi connectivity index (χ1v) is 9.36. The van der Waals surface area contributed by atoms with Crippen molar-refractivity contribution in [2.24, 2.45) is 0 Å². The van der Waals surface area contributed by atoms with E-state index < -0.39 is 0 Å². The Bertz CT molecular complexity index is 972. The number of imidazole rings is 1. The first-order valence-electron chi connectivity index (χ1n) is 9.36. The van der Waals surface area contributed by atoms with Gasteiger partial charge in [-0.3, -0.25) is 15.2 Å². The lowest BCUT2D eigenvalue weighted by atomic mass is 10.1. The maximum Gasteiger partial charge on any atom is 0.278 e. The van der Waals surface area contributed by atoms with E-state index in [1.54, 1.807) is 0 Å². The summed E-state index contributed by atoms with van der Waals surface area (Å²) in [6.07, 6.45) is 5.58. The number of para-hydroxylation sites is 2. The Morgan fingerprint density at radius 1 is 1.22 bits per heavy atom. The van der Waals surface area contributed by atoms with Crippen LogP contribution in [-0.4, -0.2) is 32.2 Å². The molecule has 0 saturated heterocycles. The van der Waals surface area contributed by atoms with Crippen LogP contribution in [-0.2, 0) is 13.0 Å². The molecule has 3 aromatic rings. The molecule has 5 rings (SSSR count). The highest BCUT2D eigenvalue weighted by atomic mass is 35.5. The largest absolute Gasteiger partial charge is 0.312 e. The zero-order chi connectivity index (χ0) is 17.5. The number of hydrogen-bond donors (Lipinski definition) is 3. The van der Waals surface area contributed by atoms with E-state index in [9.17, 15) is 4.79 Å². The summed E-state index contributed by atoms with van der Waals surface area (Å²) in [4.78, 5) is 17.6. The van der Waals surface area contributed by atoms with Gasteiger partial charge in [0.05, 0.1) is 11.0 Å². The molecule has 2 aliphatic rings. The molecule has 0 atom stereocenters. The third-order valence-electron chi connectivity index (χ3n) is 5.53. The summed E-state index contributed by atoms with van der Waals surface area (Å²) in [7, 11) is 0. The molecule has 27 heavy (non-hydrogen) atoms. The monoisotopic (exact) mass is 386 g/mol. The van der Waals surface area contributed by atoms with Gasteiger partial charge >= 0.3 is 0 Å². The SMILES string of the molecule is Cl.O=C(Nc1nc2ccccc2n1C1CCCC1)c1n[nH]c2c1CNCC2. The molecule has 7 nitrogen and oxygen atoms in total. The molecule has 142 valence electrons. The Kier molecular flexibility index (Phi) is 4.88. The second-order valence-corrected chi connectivity index (χ2v) is 7.14. The minimum absolute atomic E-state index is 0. The summed E-state index contributed by atoms with van der Waals surface area (Å²) in [5.74, 6) is 0.435. The number of rotatable bonds is 3. The molecule has 8 heteroatoms. The minimum atomic E-state index is -0.194. The Morgan fingerprint density at radius 2 is 2.04 bits per heavy atom. The van der Waals surface area contributed by atoms with E-state index in [1.165, 1.54) is 12.8 Å². The molecule has 2 aromatic heterocycles. The zero-order valence-corrected chi connectivity index (χ0v) is 15.8. The number of hydrogen-bond acceptors (Lipinski definition) is 4. The van der Waals surface area contributed by atoms with Crippen molar-refractivity contribution >= 4 is 35.3 Å². The first kappa shape index (κ1) is 18.0. The van der Waals surface area contributed by atoms with E-state index in [2.05, 4.69) is 31.5 Å². The molecule has 0 bridgehead atoms. The lowest BCUT2D eigenvalue weighted by Crippen LogP contribution is -2.26. The molecule has 1 aliphatic carbocycles. The average molecular weight is 387 g/mol. The number of nitrogens with zero attached hydrogens (tertiary/aromatic N) is 3. The highest BCUT2D eigenvalue weighted by Crippen LogP contribution is 2.35. The van der Waals surface area contributed by atoms with Crippen LogP contribution in [0.3, 0.4) is 0 Å². The molecule has 3 N–H and O–H groups in total. The van der Waals surface area contributed by atoms with Gasteiger partial charge in [-0.15, -0.1) is 12.4 Å². The van der Waals surface area contributed by atoms with Crippen molar-refractivity contribution in [3.63, 3.8) is 0 Å². The van der Waals surface area contributed by atoms with Gasteiger partial charge in [-0.2, -0.15) is 5.10 Å². The normalized spacial score (nSPS) is 16.9. The predicted octanol–water partition coefficient (Wildman–Crippen LogP) is 3.19. The van der Waals surface area contributed by atoms with Crippen LogP contribution >= 0.6 is 12.4 Å². The highest BCUT2D eigenvalue weighted by molar-refractivity contribution is 6.04. The predicted molar refractivity (Wildman–Crippen MR) is 106 cm³/mol. The van der Waals surface area contributed by atoms with E-state index in [0.29, 0.717) is 24.2 Å². The highest BCUT2D eigenvalue weighted by Gasteiger charge is 2.26. The Balaban J connectivity index is 0.00000180. The second kappa shape index (κ2) is 7.32. The molecular formula is C19H23ClN6O. The number of fused-ring (bicyclic) bond motifs is 2. The van der Waals surface area contributed by atoms with Crippen LogP contribution in [0.2, 0.25) is 0 Å². The average Bonchev–Trinajstić information content (AvgIpc) is 3.39. The van der Waals surface area contributed by atoms with Gasteiger partial charge in [-0.1, -0.05) is 25.0 Å². The number of carbonyl (C=O) groups is 1. The number of H-pyrrole nitrogens is 1. The van der Waals surface area contributed by atoms with Crippen LogP contribution in [0, 0.1) is 0 Å². The molecule has 1 aliphatic heterocycles. The van der Waals surface area contributed by atoms with Crippen molar-refractivity contribution in [2.45, 2.75) is 44.7 Å². The summed E-state index contributed by atoms with van der Waals surface area (Å²) in [6, 6.07) is 8.48. The fourth-order valence-corrected chi connectivity index (χ4v) is 4.24. The van der Waals surface area contributed by atoms with Gasteiger partial charge in [0, 0.05) is 36.8 Å². The molecule has 0 unspecified atom stereocenters. The van der Waals surface area contributed by atoms with Gasteiger partial charge in [0.25, 0.3) is 5.91 Å². The lowest BCUT2D eigenvalue weighted by Gasteiger charge is -2.17. The minimum Gasteiger partial charge on any atom is -0.312 e. The standard InChI is InChI=1S/C19H22N6O.ClH/c26-18(17-13-11-20-10-9-14(13)23-24-17)22-19-21-15-7-3-4-8-16(15)25(19)12-5-1-2-6-12;/h3-4,7-8,12,20H,1-2,5-6,9-11H2,(H,23,24)(H,21,22,26);1H. The van der Waals surface area contributed by atoms with Crippen LogP contribution < -0.4 is 10.6 Å². The third-order valence-corrected chi connectivity index (χ3v) is 5.53. The Labute approximate surface area is 163 Å². The zero-order valence-electron chi connectivity index (χ0n) is 15.0. The summed E-state index contributed by atoms with van der Waals surface area (Å²) in [5, 5.41) is 13.6. The van der Waals surface area contributed by atoms with Crippen molar-refractivity contribution in [3.8, 4) is 0 Å². The van der Waals surface area contributed by atoms with Crippen LogP contribution in [0.25, 0.3) is 11.0 Å². The maximum absolute atomic E-state index is 12.9. The topological polar surface area (TPSA) is 87.6 Å². The van der Waals surface area contributed by atoms with Crippen molar-refractivity contribution < 1.29 is 4.79 Å². The van der Waals surface area contributed by atoms with Crippen LogP contribution in [0.5, 0.6) is 0 Å². The van der Waals surface area contributed by atoms with E-state index in [4.69, 9.17) is 4.98 Å². The molecule has 3 heterocycles. The van der Waals surface area contributed by atoms with Crippen molar-refractivity contribution in [1.29, 1.82) is 0 Å². The second-order valence-electron chi connectivity index (χ2n) is 7.14. The van der Waals surface area contributed by atoms with E-state index in [0.717, 1.165) is 48.1 Å². The van der Waals surface area contributed by atoms with E-state index in [1.807, 2.05) is 18.2 Å². The summed E-state index contributed by atoms with van der Waals surface area (Å²) in [5.41, 5.74) is 4.49. The summed E-state index contributed by atoms with van der Waals surface area (Å²) < 4.78 is 2.21. The van der Waals surface area contributed by atoms with E-state index >= 15 is 0 Å². The number of aromatic amines is 1. The number of carbonyl (C=O) groups excluding carboxylic acids is 1. The Morgan fingerprint density at radius 3 is 2.89 bits per heavy atom. The fourth-order valence-electron chi connectivity index (χ4n) is 4.24. The summed E-state index contributed by atoms with van der Waals surface area (Å²) in [6.45, 7) is 1.58. The lowest BCUT2D eigenvalue weighted by molar-refractivity contribution is 0.101. The fraction of sp³-hybridized carbons (Fsp3) is 0.421. The molecule has 0 spiro atoms. The van der Waals surface area contributed by atoms with Crippen molar-refractivity contribution in [2.75, 3.05) is 11.9 Å². The van der Waals surface area contributed by atoms with Crippen molar-refractivity contribution in [3.05, 3.63) is 41.2 Å². The number of amides is 1. The van der Waals surface area contributed by atoms with Crippen LogP contribution in [0.1, 0.15) is 53.5 Å². The quantitative estimate of drug-likeness (QED) is 0.645. The molecule has 1 fully saturated rings. The number of anilines is 1. The maximum atomic E-state index is 12.9. The van der Waals surface area contributed by atoms with Gasteiger partial charge in [0.1, 0.15) is 0 Å². The first-order chi connectivity index (χ1) is 12.8. The molecule has 1 amide bonds. The van der Waals surface area contributed by atoms with Gasteiger partial charge in [0.2, 0.25) is 5.95 Å². The molecular weight excluding hydrogens is 364 g/mol. The summed E-state index contributed by atoms with van der Waals surface area (Å²) >= 11 is 0. The van der Waals surface area contributed by atoms with Gasteiger partial charge < -0.3 is 9.88 Å². The Hall–Kier alpha value is -2.38. The number of nitrogens with one attached hydrogen (secondary N) is 3. The van der Waals surface area contributed by atoms with Crippen LogP contribution in [0.15, 0.2) is 24.3 Å². The number of aromatic nitrogens is 4. The molecule has 1 aromatic carbocycles. The van der Waals surface area contributed by atoms with Crippen LogP contribution in [0.4, 0.5) is 5.95 Å². The van der Waals surface area contributed by atoms with E-state index in [-0.39, 0.29) is 18.3 Å². The van der Waals surface area contributed by atoms with Crippen molar-refractivity contribution in [1.82, 2.24) is 25.1 Å². The van der Waals surface area contributed by atoms with Gasteiger partial charge in [-0.05, 0) is 25.0 Å². The smallest absolute Gasteiger partial charge is 0.278 e. The number of halogens is 1. The van der Waals surface area contributed by atoms with Gasteiger partial charge in [-0.25, -0.2) is 4.98 Å². The number of benzene rings is 1.